The van der Waals surface area contributed by atoms with Crippen LogP contribution in [-0.4, -0.2) is 29.6 Å². The molecule has 0 unspecified atom stereocenters. The van der Waals surface area contributed by atoms with Crippen LogP contribution >= 0.6 is 0 Å². The number of oxazole rings is 1. The van der Waals surface area contributed by atoms with Gasteiger partial charge in [-0.1, -0.05) is 12.1 Å². The number of nitrogens with zero attached hydrogens (tertiary/aromatic N) is 2. The number of aliphatic hydroxyl groups excluding tert-OH is 1. The smallest absolute Gasteiger partial charge is 0.240 e. The van der Waals surface area contributed by atoms with E-state index in [-0.39, 0.29) is 17.9 Å². The lowest BCUT2D eigenvalue weighted by Gasteiger charge is -2.13. The van der Waals surface area contributed by atoms with Crippen LogP contribution in [0.3, 0.4) is 0 Å². The Balaban J connectivity index is 1.62. The highest BCUT2D eigenvalue weighted by Crippen LogP contribution is 2.21. The molecule has 1 atom stereocenters. The number of hydrogen-bond donors (Lipinski definition) is 2. The summed E-state index contributed by atoms with van der Waals surface area (Å²) in [5, 5.41) is 10.2. The first-order valence-electron chi connectivity index (χ1n) is 8.18. The molecule has 3 rings (SSSR count). The van der Waals surface area contributed by atoms with Crippen LogP contribution in [0.1, 0.15) is 24.1 Å². The number of aryl methyl sites for hydroxylation is 2. The molecule has 0 aliphatic heterocycles. The van der Waals surface area contributed by atoms with E-state index in [2.05, 4.69) is 9.71 Å². The third-order valence-corrected chi connectivity index (χ3v) is 5.59. The number of benzene rings is 1. The molecule has 2 N–H and O–H groups in total. The van der Waals surface area contributed by atoms with E-state index in [4.69, 9.17) is 4.42 Å². The van der Waals surface area contributed by atoms with Crippen LogP contribution in [0.4, 0.5) is 0 Å². The first-order chi connectivity index (χ1) is 12.4. The second-order valence-electron chi connectivity index (χ2n) is 6.02. The van der Waals surface area contributed by atoms with Gasteiger partial charge in [0.15, 0.2) is 5.89 Å². The predicted molar refractivity (Wildman–Crippen MR) is 96.9 cm³/mol. The summed E-state index contributed by atoms with van der Waals surface area (Å²) in [5.41, 5.74) is 2.18. The number of hydrogen-bond acceptors (Lipinski definition) is 5. The monoisotopic (exact) mass is 375 g/mol. The van der Waals surface area contributed by atoms with Crippen molar-refractivity contribution in [1.82, 2.24) is 14.3 Å². The maximum Gasteiger partial charge on any atom is 0.240 e. The molecule has 8 heteroatoms. The minimum absolute atomic E-state index is 0.138. The Bertz CT molecular complexity index is 974. The Morgan fingerprint density at radius 2 is 2.00 bits per heavy atom. The van der Waals surface area contributed by atoms with Gasteiger partial charge in [-0.2, -0.15) is 0 Å². The fraction of sp³-hybridized carbons (Fsp3) is 0.278. The SMILES string of the molecule is Cc1nc(-c2ccc(S(=O)(=O)NCC[C@@H](O)c3cccn3C)cc2)co1. The van der Waals surface area contributed by atoms with E-state index < -0.39 is 16.1 Å². The molecule has 138 valence electrons. The van der Waals surface area contributed by atoms with E-state index in [0.717, 1.165) is 11.3 Å². The average Bonchev–Trinajstić information content (AvgIpc) is 3.23. The van der Waals surface area contributed by atoms with Gasteiger partial charge in [0.25, 0.3) is 0 Å². The Hall–Kier alpha value is -2.42. The number of nitrogens with one attached hydrogen (secondary N) is 1. The highest BCUT2D eigenvalue weighted by molar-refractivity contribution is 7.89. The molecule has 0 fully saturated rings. The van der Waals surface area contributed by atoms with E-state index in [1.165, 1.54) is 18.4 Å². The molecule has 0 aliphatic carbocycles. The standard InChI is InChI=1S/C18H21N3O4S/c1-13-20-16(12-25-13)14-5-7-15(8-6-14)26(23,24)19-10-9-18(22)17-4-3-11-21(17)2/h3-8,11-12,18-19,22H,9-10H2,1-2H3/t18-/m1/s1. The lowest BCUT2D eigenvalue weighted by Crippen LogP contribution is -2.26. The number of sulfonamides is 1. The Kier molecular flexibility index (Phi) is 5.26. The normalized spacial score (nSPS) is 13.0. The lowest BCUT2D eigenvalue weighted by atomic mass is 10.2. The molecule has 0 saturated heterocycles. The van der Waals surface area contributed by atoms with Crippen LogP contribution < -0.4 is 4.72 Å². The van der Waals surface area contributed by atoms with Gasteiger partial charge in [-0.15, -0.1) is 0 Å². The van der Waals surface area contributed by atoms with E-state index >= 15 is 0 Å². The van der Waals surface area contributed by atoms with Crippen molar-refractivity contribution in [2.45, 2.75) is 24.3 Å². The van der Waals surface area contributed by atoms with Gasteiger partial charge in [-0.05, 0) is 30.7 Å². The molecular weight excluding hydrogens is 354 g/mol. The quantitative estimate of drug-likeness (QED) is 0.661. The van der Waals surface area contributed by atoms with Gasteiger partial charge >= 0.3 is 0 Å². The van der Waals surface area contributed by atoms with Crippen molar-refractivity contribution in [1.29, 1.82) is 0 Å². The molecule has 0 spiro atoms. The summed E-state index contributed by atoms with van der Waals surface area (Å²) in [4.78, 5) is 4.37. The van der Waals surface area contributed by atoms with Crippen LogP contribution in [-0.2, 0) is 17.1 Å². The second-order valence-corrected chi connectivity index (χ2v) is 7.79. The second kappa shape index (κ2) is 7.45. The fourth-order valence-corrected chi connectivity index (χ4v) is 3.73. The highest BCUT2D eigenvalue weighted by Gasteiger charge is 2.16. The van der Waals surface area contributed by atoms with Gasteiger partial charge in [0.2, 0.25) is 10.0 Å². The van der Waals surface area contributed by atoms with E-state index in [1.54, 1.807) is 19.1 Å². The number of aliphatic hydroxyl groups is 1. The van der Waals surface area contributed by atoms with Crippen LogP contribution in [0.5, 0.6) is 0 Å². The summed E-state index contributed by atoms with van der Waals surface area (Å²) in [6.45, 7) is 1.88. The molecule has 2 aromatic heterocycles. The van der Waals surface area contributed by atoms with Gasteiger partial charge in [0.05, 0.1) is 11.0 Å². The summed E-state index contributed by atoms with van der Waals surface area (Å²) in [6.07, 6.45) is 2.92. The van der Waals surface area contributed by atoms with Crippen molar-refractivity contribution in [3.63, 3.8) is 0 Å². The van der Waals surface area contributed by atoms with Crippen molar-refractivity contribution in [3.05, 3.63) is 60.4 Å². The minimum Gasteiger partial charge on any atom is -0.449 e. The lowest BCUT2D eigenvalue weighted by molar-refractivity contribution is 0.161. The van der Waals surface area contributed by atoms with Crippen molar-refractivity contribution in [2.24, 2.45) is 7.05 Å². The summed E-state index contributed by atoms with van der Waals surface area (Å²) in [6, 6.07) is 10.1. The summed E-state index contributed by atoms with van der Waals surface area (Å²) in [7, 11) is -1.81. The van der Waals surface area contributed by atoms with E-state index in [9.17, 15) is 13.5 Å². The van der Waals surface area contributed by atoms with Crippen molar-refractivity contribution >= 4 is 10.0 Å². The molecule has 26 heavy (non-hydrogen) atoms. The summed E-state index contributed by atoms with van der Waals surface area (Å²) >= 11 is 0. The van der Waals surface area contributed by atoms with Crippen molar-refractivity contribution in [3.8, 4) is 11.3 Å². The van der Waals surface area contributed by atoms with Gasteiger partial charge in [0.1, 0.15) is 12.0 Å². The molecular formula is C18H21N3O4S. The first-order valence-corrected chi connectivity index (χ1v) is 9.66. The number of rotatable bonds is 7. The van der Waals surface area contributed by atoms with Gasteiger partial charge in [-0.3, -0.25) is 0 Å². The third kappa shape index (κ3) is 4.04. The Labute approximate surface area is 152 Å². The highest BCUT2D eigenvalue weighted by atomic mass is 32.2. The molecule has 2 heterocycles. The van der Waals surface area contributed by atoms with Crippen molar-refractivity contribution < 1.29 is 17.9 Å². The number of aromatic nitrogens is 2. The molecule has 0 radical (unpaired) electrons. The first kappa shape index (κ1) is 18.4. The molecule has 7 nitrogen and oxygen atoms in total. The predicted octanol–water partition coefficient (Wildman–Crippen LogP) is 2.39. The molecule has 1 aromatic carbocycles. The van der Waals surface area contributed by atoms with Gasteiger partial charge in [0, 0.05) is 38.0 Å². The average molecular weight is 375 g/mol. The molecule has 3 aromatic rings. The zero-order valence-electron chi connectivity index (χ0n) is 14.6. The molecule has 0 aliphatic rings. The fourth-order valence-electron chi connectivity index (χ4n) is 2.68. The van der Waals surface area contributed by atoms with Gasteiger partial charge < -0.3 is 14.1 Å². The maximum atomic E-state index is 12.4. The van der Waals surface area contributed by atoms with Crippen molar-refractivity contribution in [2.75, 3.05) is 6.54 Å². The molecule has 0 bridgehead atoms. The largest absolute Gasteiger partial charge is 0.449 e. The Morgan fingerprint density at radius 1 is 1.27 bits per heavy atom. The van der Waals surface area contributed by atoms with Crippen LogP contribution in [0.15, 0.2) is 58.2 Å². The maximum absolute atomic E-state index is 12.4. The summed E-state index contributed by atoms with van der Waals surface area (Å²) in [5.74, 6) is 0.551. The van der Waals surface area contributed by atoms with E-state index in [0.29, 0.717) is 11.6 Å². The van der Waals surface area contributed by atoms with Crippen LogP contribution in [0.2, 0.25) is 0 Å². The Morgan fingerprint density at radius 3 is 2.58 bits per heavy atom. The zero-order chi connectivity index (χ0) is 18.7. The zero-order valence-corrected chi connectivity index (χ0v) is 15.4. The summed E-state index contributed by atoms with van der Waals surface area (Å²) < 4.78 is 34.3. The van der Waals surface area contributed by atoms with E-state index in [1.807, 2.05) is 29.9 Å². The van der Waals surface area contributed by atoms with Gasteiger partial charge in [-0.25, -0.2) is 18.1 Å². The minimum atomic E-state index is -3.64. The topological polar surface area (TPSA) is 97.4 Å². The molecule has 0 amide bonds. The molecule has 0 saturated carbocycles. The third-order valence-electron chi connectivity index (χ3n) is 4.11. The van der Waals surface area contributed by atoms with Crippen LogP contribution in [0.25, 0.3) is 11.3 Å². The van der Waals surface area contributed by atoms with Crippen LogP contribution in [0, 0.1) is 6.92 Å².